The molecule has 1 N–H and O–H groups in total. The lowest BCUT2D eigenvalue weighted by atomic mass is 9.66. The van der Waals surface area contributed by atoms with E-state index in [0.29, 0.717) is 25.7 Å². The molecule has 0 aromatic heterocycles. The Morgan fingerprint density at radius 3 is 2.10 bits per heavy atom. The fourth-order valence-electron chi connectivity index (χ4n) is 8.30. The summed E-state index contributed by atoms with van der Waals surface area (Å²) >= 11 is 3.41. The number of carbonyl (C=O) groups is 3. The molecule has 2 aromatic carbocycles. The van der Waals surface area contributed by atoms with Crippen LogP contribution in [-0.2, 0) is 23.5 Å². The fourth-order valence-corrected chi connectivity index (χ4v) is 16.7. The minimum Gasteiger partial charge on any atom is -0.468 e. The van der Waals surface area contributed by atoms with Crippen molar-refractivity contribution in [2.24, 2.45) is 29.1 Å². The molecule has 49 heavy (non-hydrogen) atoms. The molecule has 2 aliphatic rings. The predicted molar refractivity (Wildman–Crippen MR) is 206 cm³/mol. The van der Waals surface area contributed by atoms with Crippen molar-refractivity contribution >= 4 is 59.8 Å². The lowest BCUT2D eigenvalue weighted by Gasteiger charge is -2.47. The summed E-state index contributed by atoms with van der Waals surface area (Å²) in [5.74, 6) is -1.03. The van der Waals surface area contributed by atoms with E-state index in [-0.39, 0.29) is 42.2 Å². The number of methoxy groups -OCH3 is 1. The maximum absolute atomic E-state index is 15.3. The van der Waals surface area contributed by atoms with Gasteiger partial charge in [-0.15, -0.1) is 30.1 Å². The third-order valence-electron chi connectivity index (χ3n) is 10.6. The van der Waals surface area contributed by atoms with Crippen LogP contribution in [0, 0.1) is 29.1 Å². The summed E-state index contributed by atoms with van der Waals surface area (Å²) in [4.78, 5) is 42.9. The van der Waals surface area contributed by atoms with Crippen LogP contribution in [0.1, 0.15) is 73.1 Å². The summed E-state index contributed by atoms with van der Waals surface area (Å²) in [7, 11) is -1.67. The molecule has 1 heterocycles. The first kappa shape index (κ1) is 39.6. The van der Waals surface area contributed by atoms with Crippen LogP contribution in [0.5, 0.6) is 0 Å². The van der Waals surface area contributed by atoms with Crippen molar-refractivity contribution in [3.8, 4) is 0 Å². The highest BCUT2D eigenvalue weighted by Gasteiger charge is 2.61. The van der Waals surface area contributed by atoms with Crippen molar-refractivity contribution in [3.63, 3.8) is 0 Å². The van der Waals surface area contributed by atoms with E-state index < -0.39 is 41.5 Å². The lowest BCUT2D eigenvalue weighted by molar-refractivity contribution is -0.152. The van der Waals surface area contributed by atoms with Crippen LogP contribution in [0.4, 0.5) is 0 Å². The zero-order chi connectivity index (χ0) is 35.9. The highest BCUT2D eigenvalue weighted by molar-refractivity contribution is 8.19. The number of rotatable bonds is 16. The molecule has 9 heteroatoms. The van der Waals surface area contributed by atoms with Gasteiger partial charge in [0.2, 0.25) is 0 Å². The highest BCUT2D eigenvalue weighted by atomic mass is 32.2. The van der Waals surface area contributed by atoms with E-state index in [1.807, 2.05) is 49.4 Å². The molecule has 4 rings (SSSR count). The van der Waals surface area contributed by atoms with Crippen molar-refractivity contribution in [3.05, 3.63) is 73.3 Å². The first-order chi connectivity index (χ1) is 23.3. The number of thioether (sulfide) groups is 2. The van der Waals surface area contributed by atoms with Gasteiger partial charge < -0.3 is 14.3 Å². The van der Waals surface area contributed by atoms with Gasteiger partial charge in [-0.3, -0.25) is 14.4 Å². The van der Waals surface area contributed by atoms with E-state index in [2.05, 4.69) is 58.5 Å². The highest BCUT2D eigenvalue weighted by Crippen LogP contribution is 2.56. The summed E-state index contributed by atoms with van der Waals surface area (Å²) in [6.07, 6.45) is 5.28. The monoisotopic (exact) mass is 724 g/mol. The molecule has 0 bridgehead atoms. The quantitative estimate of drug-likeness (QED) is 0.0852. The van der Waals surface area contributed by atoms with Gasteiger partial charge in [0.1, 0.15) is 15.8 Å². The van der Waals surface area contributed by atoms with Crippen molar-refractivity contribution in [2.75, 3.05) is 31.8 Å². The number of hydrogen-bond donors (Lipinski definition) is 1. The number of ketones is 2. The average Bonchev–Trinajstić information content (AvgIpc) is 3.35. The van der Waals surface area contributed by atoms with Gasteiger partial charge in [0.25, 0.3) is 8.32 Å². The molecule has 1 unspecified atom stereocenters. The van der Waals surface area contributed by atoms with E-state index in [9.17, 15) is 14.7 Å². The zero-order valence-corrected chi connectivity index (χ0v) is 32.9. The molecule has 2 aromatic rings. The van der Waals surface area contributed by atoms with Gasteiger partial charge >= 0.3 is 5.97 Å². The van der Waals surface area contributed by atoms with E-state index in [4.69, 9.17) is 9.16 Å². The third-order valence-corrected chi connectivity index (χ3v) is 18.9. The Bertz CT molecular complexity index is 1380. The number of benzene rings is 2. The largest absolute Gasteiger partial charge is 0.468 e. The number of hydrogen-bond acceptors (Lipinski definition) is 8. The van der Waals surface area contributed by atoms with Crippen LogP contribution >= 0.6 is 23.5 Å². The molecule has 0 radical (unpaired) electrons. The summed E-state index contributed by atoms with van der Waals surface area (Å²) in [6.45, 7) is 15.1. The van der Waals surface area contributed by atoms with E-state index in [1.54, 1.807) is 23.5 Å². The predicted octanol–water partition coefficient (Wildman–Crippen LogP) is 7.07. The second-order valence-corrected chi connectivity index (χ2v) is 22.6. The van der Waals surface area contributed by atoms with Gasteiger partial charge in [0, 0.05) is 31.0 Å². The number of Topliss-reactive ketones (excluding diaryl/α,β-unsaturated/α-hetero) is 2. The Labute approximate surface area is 303 Å². The van der Waals surface area contributed by atoms with Crippen LogP contribution in [0.3, 0.4) is 0 Å². The van der Waals surface area contributed by atoms with Gasteiger partial charge in [-0.25, -0.2) is 0 Å². The lowest BCUT2D eigenvalue weighted by Crippen LogP contribution is -2.67. The number of ether oxygens (including phenoxy) is 1. The molecular weight excluding hydrogens is 669 g/mol. The summed E-state index contributed by atoms with van der Waals surface area (Å²) < 4.78 is 12.0. The number of aliphatic hydroxyl groups is 1. The van der Waals surface area contributed by atoms with Crippen molar-refractivity contribution in [1.82, 2.24) is 0 Å². The first-order valence-corrected chi connectivity index (χ1v) is 21.6. The zero-order valence-electron chi connectivity index (χ0n) is 30.2. The van der Waals surface area contributed by atoms with Gasteiger partial charge in [0.15, 0.2) is 5.78 Å². The van der Waals surface area contributed by atoms with Crippen LogP contribution < -0.4 is 10.4 Å². The van der Waals surface area contributed by atoms with Gasteiger partial charge in [0.05, 0.1) is 7.11 Å². The molecule has 5 atom stereocenters. The van der Waals surface area contributed by atoms with Crippen molar-refractivity contribution < 1.29 is 28.7 Å². The molecule has 0 amide bonds. The number of aliphatic hydroxyl groups excluding tert-OH is 1. The van der Waals surface area contributed by atoms with E-state index in [0.717, 1.165) is 28.3 Å². The molecule has 1 saturated heterocycles. The number of carbonyl (C=O) groups excluding carboxylic acids is 3. The van der Waals surface area contributed by atoms with Crippen molar-refractivity contribution in [1.29, 1.82) is 0 Å². The van der Waals surface area contributed by atoms with E-state index >= 15 is 4.79 Å². The number of esters is 1. The maximum Gasteiger partial charge on any atom is 0.316 e. The third kappa shape index (κ3) is 8.33. The molecular formula is C40H56O6S2Si. The summed E-state index contributed by atoms with van der Waals surface area (Å²) in [5.41, 5.74) is -0.813. The Hall–Kier alpha value is -2.17. The van der Waals surface area contributed by atoms with Gasteiger partial charge in [-0.05, 0) is 70.9 Å². The molecule has 1 saturated carbocycles. The second-order valence-electron chi connectivity index (χ2n) is 15.2. The molecule has 0 spiro atoms. The Morgan fingerprint density at radius 1 is 1.04 bits per heavy atom. The first-order valence-electron chi connectivity index (χ1n) is 17.7. The fraction of sp³-hybridized carbons (Fsp3) is 0.575. The second kappa shape index (κ2) is 16.9. The normalized spacial score (nSPS) is 23.9. The Morgan fingerprint density at radius 2 is 1.61 bits per heavy atom. The minimum atomic E-state index is -3.00. The molecule has 6 nitrogen and oxygen atoms in total. The van der Waals surface area contributed by atoms with Gasteiger partial charge in [-0.2, -0.15) is 0 Å². The van der Waals surface area contributed by atoms with Crippen LogP contribution in [0.2, 0.25) is 5.04 Å². The molecule has 268 valence electrons. The molecule has 1 aliphatic carbocycles. The maximum atomic E-state index is 15.3. The minimum absolute atomic E-state index is 0.0693. The SMILES string of the molecule is C=CCCC(C(=O)C1(C[C@H](C)CCO)SCCCS1)[C@H]1[C@H](C(=O)OC)C(=O)C[C@]1(C)CO[Si](c1ccccc1)(c1ccccc1)C(C)(C)C. The smallest absolute Gasteiger partial charge is 0.316 e. The van der Waals surface area contributed by atoms with Crippen LogP contribution in [-0.4, -0.2) is 66.9 Å². The summed E-state index contributed by atoms with van der Waals surface area (Å²) in [5, 5.41) is 11.7. The average molecular weight is 725 g/mol. The Kier molecular flexibility index (Phi) is 13.7. The van der Waals surface area contributed by atoms with Crippen LogP contribution in [0.15, 0.2) is 73.3 Å². The molecule has 2 fully saturated rings. The van der Waals surface area contributed by atoms with Crippen molar-refractivity contribution in [2.45, 2.75) is 82.3 Å². The summed E-state index contributed by atoms with van der Waals surface area (Å²) in [6, 6.07) is 20.8. The number of allylic oxidation sites excluding steroid dienone is 1. The van der Waals surface area contributed by atoms with Gasteiger partial charge in [-0.1, -0.05) is 101 Å². The Balaban J connectivity index is 1.86. The molecule has 1 aliphatic heterocycles. The topological polar surface area (TPSA) is 89.9 Å². The van der Waals surface area contributed by atoms with Crippen LogP contribution in [0.25, 0.3) is 0 Å². The van der Waals surface area contributed by atoms with E-state index in [1.165, 1.54) is 7.11 Å². The standard InChI is InChI=1S/C40H56O6S2Si/c1-8-9-21-32(36(43)40(26-29(2)22-23-41)47-24-16-25-48-40)35-34(37(44)45-7)33(42)27-39(35,6)28-46-49(38(3,4)5,30-17-12-10-13-18-30)31-19-14-11-15-20-31/h8,10-15,17-20,29,32,34-35,41H,1,9,16,21-28H2,2-7H3/t29-,32?,34-,35+,39-/m1/s1.